The second-order valence-corrected chi connectivity index (χ2v) is 4.36. The highest BCUT2D eigenvalue weighted by Crippen LogP contribution is 2.24. The van der Waals surface area contributed by atoms with E-state index in [4.69, 9.17) is 0 Å². The molecule has 1 aromatic rings. The average molecular weight is 296 g/mol. The first kappa shape index (κ1) is 12.0. The minimum absolute atomic E-state index is 0.127. The zero-order valence-electron chi connectivity index (χ0n) is 9.14. The largest absolute Gasteiger partial charge is 0.296 e. The molecule has 1 aliphatic rings. The van der Waals surface area contributed by atoms with E-state index in [1.54, 1.807) is 31.2 Å². The molecule has 0 aromatic heterocycles. The molecular weight excluding hydrogens is 286 g/mol. The van der Waals surface area contributed by atoms with Crippen LogP contribution in [0.2, 0.25) is 0 Å². The fourth-order valence-electron chi connectivity index (χ4n) is 1.82. The fourth-order valence-corrected chi connectivity index (χ4v) is 2.28. The monoisotopic (exact) mass is 295 g/mol. The van der Waals surface area contributed by atoms with Gasteiger partial charge < -0.3 is 0 Å². The zero-order valence-corrected chi connectivity index (χ0v) is 10.7. The van der Waals surface area contributed by atoms with Gasteiger partial charge in [-0.15, -0.1) is 0 Å². The van der Waals surface area contributed by atoms with Gasteiger partial charge in [0.25, 0.3) is 11.8 Å². The van der Waals surface area contributed by atoms with E-state index in [0.717, 1.165) is 4.90 Å². The highest BCUT2D eigenvalue weighted by Gasteiger charge is 2.39. The Bertz CT molecular complexity index is 477. The summed E-state index contributed by atoms with van der Waals surface area (Å²) in [4.78, 5) is 36.6. The van der Waals surface area contributed by atoms with Gasteiger partial charge in [0.1, 0.15) is 0 Å². The molecule has 5 heteroatoms. The normalized spacial score (nSPS) is 16.0. The molecule has 17 heavy (non-hydrogen) atoms. The molecule has 1 heterocycles. The molecule has 2 rings (SSSR count). The minimum Gasteiger partial charge on any atom is -0.296 e. The molecule has 0 saturated heterocycles. The van der Waals surface area contributed by atoms with Gasteiger partial charge in [-0.1, -0.05) is 28.1 Å². The molecule has 0 radical (unpaired) electrons. The Morgan fingerprint density at radius 1 is 1.24 bits per heavy atom. The van der Waals surface area contributed by atoms with Crippen LogP contribution in [0.25, 0.3) is 0 Å². The summed E-state index contributed by atoms with van der Waals surface area (Å²) in [5.74, 6) is -0.987. The van der Waals surface area contributed by atoms with Gasteiger partial charge in [0, 0.05) is 0 Å². The van der Waals surface area contributed by atoms with E-state index >= 15 is 0 Å². The van der Waals surface area contributed by atoms with Crippen LogP contribution in [-0.2, 0) is 4.79 Å². The Morgan fingerprint density at radius 3 is 2.12 bits per heavy atom. The second-order valence-electron chi connectivity index (χ2n) is 3.80. The third kappa shape index (κ3) is 1.80. The molecule has 0 fully saturated rings. The number of alkyl halides is 1. The predicted molar refractivity (Wildman–Crippen MR) is 65.2 cm³/mol. The van der Waals surface area contributed by atoms with Gasteiger partial charge in [-0.2, -0.15) is 0 Å². The molecule has 2 amide bonds. The first-order valence-corrected chi connectivity index (χ1v) is 6.25. The van der Waals surface area contributed by atoms with Crippen molar-refractivity contribution in [2.24, 2.45) is 0 Å². The quantitative estimate of drug-likeness (QED) is 0.629. The summed E-state index contributed by atoms with van der Waals surface area (Å²) < 4.78 is 0. The Labute approximate surface area is 107 Å². The molecule has 1 atom stereocenters. The van der Waals surface area contributed by atoms with Crippen molar-refractivity contribution in [3.8, 4) is 0 Å². The van der Waals surface area contributed by atoms with E-state index < -0.39 is 17.9 Å². The van der Waals surface area contributed by atoms with Crippen LogP contribution in [0.1, 0.15) is 27.6 Å². The predicted octanol–water partition coefficient (Wildman–Crippen LogP) is 1.64. The molecule has 0 spiro atoms. The van der Waals surface area contributed by atoms with Crippen LogP contribution in [0.5, 0.6) is 0 Å². The van der Waals surface area contributed by atoms with E-state index in [1.807, 2.05) is 0 Å². The number of benzene rings is 1. The van der Waals surface area contributed by atoms with Gasteiger partial charge in [-0.05, 0) is 19.1 Å². The van der Waals surface area contributed by atoms with Gasteiger partial charge in [0.05, 0.1) is 22.5 Å². The van der Waals surface area contributed by atoms with Crippen LogP contribution in [0.15, 0.2) is 24.3 Å². The molecule has 0 N–H and O–H groups in total. The lowest BCUT2D eigenvalue weighted by atomic mass is 10.1. The number of nitrogens with zero attached hydrogens (tertiary/aromatic N) is 1. The Hall–Kier alpha value is -1.49. The van der Waals surface area contributed by atoms with Crippen LogP contribution in [-0.4, -0.2) is 33.9 Å². The van der Waals surface area contributed by atoms with Crippen molar-refractivity contribution >= 4 is 33.5 Å². The van der Waals surface area contributed by atoms with Crippen molar-refractivity contribution in [3.05, 3.63) is 35.4 Å². The molecule has 0 saturated carbocycles. The Balaban J connectivity index is 2.40. The lowest BCUT2D eigenvalue weighted by molar-refractivity contribution is -0.119. The third-order valence-electron chi connectivity index (χ3n) is 2.81. The maximum absolute atomic E-state index is 12.0. The number of carbonyl (C=O) groups excluding carboxylic acids is 3. The number of amides is 2. The van der Waals surface area contributed by atoms with Gasteiger partial charge in [-0.25, -0.2) is 0 Å². The van der Waals surface area contributed by atoms with E-state index in [0.29, 0.717) is 11.1 Å². The van der Waals surface area contributed by atoms with Crippen LogP contribution in [0.4, 0.5) is 0 Å². The van der Waals surface area contributed by atoms with Crippen molar-refractivity contribution in [1.29, 1.82) is 0 Å². The number of Topliss-reactive ketones (excluding diaryl/α,β-unsaturated/α-hetero) is 1. The lowest BCUT2D eigenvalue weighted by Gasteiger charge is -2.20. The van der Waals surface area contributed by atoms with Crippen LogP contribution in [0.3, 0.4) is 0 Å². The number of imide groups is 1. The summed E-state index contributed by atoms with van der Waals surface area (Å²) in [6.07, 6.45) is 0. The highest BCUT2D eigenvalue weighted by atomic mass is 79.9. The molecular formula is C12H10BrNO3. The standard InChI is InChI=1S/C12H10BrNO3/c1-7(10(15)6-13)14-11(16)8-4-2-3-5-9(8)12(14)17/h2-5,7H,6H2,1H3/t7-/m0/s1. The van der Waals surface area contributed by atoms with Crippen molar-refractivity contribution in [2.75, 3.05) is 5.33 Å². The number of rotatable bonds is 3. The molecule has 4 nitrogen and oxygen atoms in total. The molecule has 1 aromatic carbocycles. The molecule has 88 valence electrons. The highest BCUT2D eigenvalue weighted by molar-refractivity contribution is 9.09. The molecule has 0 bridgehead atoms. The zero-order chi connectivity index (χ0) is 12.6. The summed E-state index contributed by atoms with van der Waals surface area (Å²) in [5.41, 5.74) is 0.735. The smallest absolute Gasteiger partial charge is 0.262 e. The fraction of sp³-hybridized carbons (Fsp3) is 0.250. The summed E-state index contributed by atoms with van der Waals surface area (Å²) in [6, 6.07) is 5.86. The van der Waals surface area contributed by atoms with Gasteiger partial charge >= 0.3 is 0 Å². The van der Waals surface area contributed by atoms with Crippen molar-refractivity contribution < 1.29 is 14.4 Å². The van der Waals surface area contributed by atoms with Crippen LogP contribution in [0, 0.1) is 0 Å². The topological polar surface area (TPSA) is 54.5 Å². The molecule has 0 aliphatic carbocycles. The average Bonchev–Trinajstić information content (AvgIpc) is 2.61. The number of ketones is 1. The number of hydrogen-bond donors (Lipinski definition) is 0. The summed E-state index contributed by atoms with van der Waals surface area (Å²) in [6.45, 7) is 1.56. The van der Waals surface area contributed by atoms with E-state index in [2.05, 4.69) is 15.9 Å². The maximum Gasteiger partial charge on any atom is 0.262 e. The third-order valence-corrected chi connectivity index (χ3v) is 3.36. The number of carbonyl (C=O) groups is 3. The van der Waals surface area contributed by atoms with E-state index in [-0.39, 0.29) is 11.1 Å². The van der Waals surface area contributed by atoms with Crippen molar-refractivity contribution in [3.63, 3.8) is 0 Å². The SMILES string of the molecule is C[C@@H](C(=O)CBr)N1C(=O)c2ccccc2C1=O. The van der Waals surface area contributed by atoms with Gasteiger partial charge in [0.2, 0.25) is 0 Å². The lowest BCUT2D eigenvalue weighted by Crippen LogP contribution is -2.43. The second kappa shape index (κ2) is 4.41. The minimum atomic E-state index is -0.734. The van der Waals surface area contributed by atoms with Crippen molar-refractivity contribution in [2.45, 2.75) is 13.0 Å². The Kier molecular flexibility index (Phi) is 3.11. The van der Waals surface area contributed by atoms with Gasteiger partial charge in [-0.3, -0.25) is 19.3 Å². The summed E-state index contributed by atoms with van der Waals surface area (Å²) in [7, 11) is 0. The molecule has 1 aliphatic heterocycles. The molecule has 0 unspecified atom stereocenters. The summed E-state index contributed by atoms with van der Waals surface area (Å²) in [5, 5.41) is 0.127. The summed E-state index contributed by atoms with van der Waals surface area (Å²) >= 11 is 3.04. The number of halogens is 1. The van der Waals surface area contributed by atoms with Crippen LogP contribution >= 0.6 is 15.9 Å². The number of hydrogen-bond acceptors (Lipinski definition) is 3. The van der Waals surface area contributed by atoms with Crippen molar-refractivity contribution in [1.82, 2.24) is 4.90 Å². The van der Waals surface area contributed by atoms with E-state index in [1.165, 1.54) is 0 Å². The first-order valence-electron chi connectivity index (χ1n) is 5.13. The Morgan fingerprint density at radius 2 is 1.71 bits per heavy atom. The van der Waals surface area contributed by atoms with Gasteiger partial charge in [0.15, 0.2) is 5.78 Å². The maximum atomic E-state index is 12.0. The van der Waals surface area contributed by atoms with Crippen LogP contribution < -0.4 is 0 Å². The number of fused-ring (bicyclic) bond motifs is 1. The van der Waals surface area contributed by atoms with E-state index in [9.17, 15) is 14.4 Å². The first-order chi connectivity index (χ1) is 8.07.